The average molecular weight is 445 g/mol. The van der Waals surface area contributed by atoms with Crippen LogP contribution in [0.4, 0.5) is 10.6 Å². The van der Waals surface area contributed by atoms with Crippen LogP contribution in [0.5, 0.6) is 0 Å². The van der Waals surface area contributed by atoms with Gasteiger partial charge in [-0.15, -0.1) is 0 Å². The third kappa shape index (κ3) is 7.65. The fourth-order valence-electron chi connectivity index (χ4n) is 2.83. The highest BCUT2D eigenvalue weighted by atomic mass is 32.2. The highest BCUT2D eigenvalue weighted by Crippen LogP contribution is 2.27. The van der Waals surface area contributed by atoms with Crippen LogP contribution in [0.1, 0.15) is 45.3 Å². The normalized spacial score (nSPS) is 17.9. The van der Waals surface area contributed by atoms with E-state index in [0.717, 1.165) is 0 Å². The first-order valence-corrected chi connectivity index (χ1v) is 11.4. The number of esters is 1. The van der Waals surface area contributed by atoms with Crippen molar-refractivity contribution in [2.75, 3.05) is 30.0 Å². The Morgan fingerprint density at radius 1 is 1.30 bits per heavy atom. The molecule has 1 aromatic rings. The summed E-state index contributed by atoms with van der Waals surface area (Å²) in [6.07, 6.45) is -0.347. The van der Waals surface area contributed by atoms with E-state index in [9.17, 15) is 22.8 Å². The fraction of sp³-hybridized carbons (Fsp3) is 0.667. The van der Waals surface area contributed by atoms with Crippen molar-refractivity contribution < 1.29 is 32.3 Å². The van der Waals surface area contributed by atoms with Crippen LogP contribution in [-0.4, -0.2) is 66.4 Å². The van der Waals surface area contributed by atoms with Gasteiger partial charge in [0.1, 0.15) is 11.4 Å². The lowest BCUT2D eigenvalue weighted by Crippen LogP contribution is -2.34. The number of hydrogen-bond acceptors (Lipinski definition) is 8. The molecule has 1 aliphatic rings. The van der Waals surface area contributed by atoms with Crippen LogP contribution in [0, 0.1) is 6.92 Å². The van der Waals surface area contributed by atoms with E-state index in [2.05, 4.69) is 15.7 Å². The summed E-state index contributed by atoms with van der Waals surface area (Å²) in [6.45, 7) is 6.39. The number of hydrogen-bond donors (Lipinski definition) is 2. The minimum Gasteiger partial charge on any atom is -0.456 e. The van der Waals surface area contributed by atoms with Gasteiger partial charge in [-0.3, -0.25) is 9.59 Å². The number of ether oxygens (including phenoxy) is 2. The van der Waals surface area contributed by atoms with Crippen molar-refractivity contribution in [2.24, 2.45) is 0 Å². The van der Waals surface area contributed by atoms with Gasteiger partial charge in [0.25, 0.3) is 5.91 Å². The van der Waals surface area contributed by atoms with Crippen molar-refractivity contribution in [1.82, 2.24) is 15.1 Å². The molecule has 2 amide bonds. The maximum atomic E-state index is 12.1. The van der Waals surface area contributed by atoms with Gasteiger partial charge in [-0.05, 0) is 34.1 Å². The van der Waals surface area contributed by atoms with Gasteiger partial charge in [-0.2, -0.15) is 5.10 Å². The first kappa shape index (κ1) is 23.6. The third-order valence-electron chi connectivity index (χ3n) is 4.04. The second-order valence-electron chi connectivity index (χ2n) is 8.06. The zero-order valence-corrected chi connectivity index (χ0v) is 18.4. The number of rotatable bonds is 7. The van der Waals surface area contributed by atoms with Gasteiger partial charge in [0, 0.05) is 12.6 Å². The van der Waals surface area contributed by atoms with Crippen molar-refractivity contribution in [1.29, 1.82) is 0 Å². The molecule has 168 valence electrons. The summed E-state index contributed by atoms with van der Waals surface area (Å²) in [7, 11) is -3.11. The Balaban J connectivity index is 1.77. The molecule has 1 aliphatic heterocycles. The second-order valence-corrected chi connectivity index (χ2v) is 10.3. The molecule has 11 nitrogen and oxygen atoms in total. The van der Waals surface area contributed by atoms with E-state index in [4.69, 9.17) is 9.47 Å². The van der Waals surface area contributed by atoms with Crippen LogP contribution >= 0.6 is 0 Å². The van der Waals surface area contributed by atoms with E-state index < -0.39 is 40.0 Å². The molecular formula is C18H28N4O7S. The molecule has 0 spiro atoms. The van der Waals surface area contributed by atoms with E-state index in [1.165, 1.54) is 4.68 Å². The zero-order chi connectivity index (χ0) is 22.5. The molecule has 1 unspecified atom stereocenters. The van der Waals surface area contributed by atoms with Gasteiger partial charge < -0.3 is 20.1 Å². The highest BCUT2D eigenvalue weighted by molar-refractivity contribution is 7.91. The summed E-state index contributed by atoms with van der Waals surface area (Å²) in [4.78, 5) is 35.4. The minimum absolute atomic E-state index is 0.0114. The topological polar surface area (TPSA) is 146 Å². The number of alkyl carbamates (subject to hydrolysis) is 1. The first-order chi connectivity index (χ1) is 13.8. The molecule has 0 aromatic carbocycles. The zero-order valence-electron chi connectivity index (χ0n) is 17.6. The van der Waals surface area contributed by atoms with Crippen molar-refractivity contribution in [3.63, 3.8) is 0 Å². The third-order valence-corrected chi connectivity index (χ3v) is 5.79. The number of nitrogens with zero attached hydrogens (tertiary/aromatic N) is 2. The molecule has 2 N–H and O–H groups in total. The Labute approximate surface area is 175 Å². The number of carbonyl (C=O) groups is 3. The van der Waals surface area contributed by atoms with Gasteiger partial charge in [-0.25, -0.2) is 17.9 Å². The number of aromatic nitrogens is 2. The van der Waals surface area contributed by atoms with E-state index in [-0.39, 0.29) is 30.5 Å². The molecule has 1 saturated heterocycles. The van der Waals surface area contributed by atoms with Gasteiger partial charge >= 0.3 is 12.1 Å². The predicted octanol–water partition coefficient (Wildman–Crippen LogP) is 0.948. The molecule has 0 saturated carbocycles. The Hall–Kier alpha value is -2.63. The maximum absolute atomic E-state index is 12.1. The van der Waals surface area contributed by atoms with Crippen LogP contribution in [0.2, 0.25) is 0 Å². The van der Waals surface area contributed by atoms with Crippen LogP contribution in [0.3, 0.4) is 0 Å². The van der Waals surface area contributed by atoms with Gasteiger partial charge in [0.05, 0.1) is 29.7 Å². The fourth-order valence-corrected chi connectivity index (χ4v) is 4.53. The lowest BCUT2D eigenvalue weighted by molar-refractivity contribution is -0.147. The number of aryl methyl sites for hydroxylation is 1. The van der Waals surface area contributed by atoms with E-state index in [0.29, 0.717) is 17.9 Å². The summed E-state index contributed by atoms with van der Waals surface area (Å²) in [5, 5.41) is 9.28. The van der Waals surface area contributed by atoms with Crippen LogP contribution in [0.25, 0.3) is 0 Å². The number of nitrogens with one attached hydrogen (secondary N) is 2. The minimum atomic E-state index is -3.11. The lowest BCUT2D eigenvalue weighted by Gasteiger charge is -2.19. The summed E-state index contributed by atoms with van der Waals surface area (Å²) in [5.74, 6) is -0.837. The molecular weight excluding hydrogens is 416 g/mol. The molecule has 1 fully saturated rings. The summed E-state index contributed by atoms with van der Waals surface area (Å²) in [5.41, 5.74) is -0.0178. The SMILES string of the molecule is Cc1cc(NC(=O)COC(=O)CCNC(=O)OC(C)(C)C)n(C2CCS(=O)(=O)C2)n1. The standard InChI is InChI=1S/C18H28N4O7S/c1-12-9-14(22(21-12)13-6-8-30(26,27)11-13)20-15(23)10-28-16(24)5-7-19-17(25)29-18(2,3)4/h9,13H,5-8,10-11H2,1-4H3,(H,19,25)(H,20,23). The molecule has 0 bridgehead atoms. The monoisotopic (exact) mass is 444 g/mol. The Bertz CT molecular complexity index is 902. The van der Waals surface area contributed by atoms with Gasteiger partial charge in [0.15, 0.2) is 16.4 Å². The predicted molar refractivity (Wildman–Crippen MR) is 108 cm³/mol. The first-order valence-electron chi connectivity index (χ1n) is 9.53. The van der Waals surface area contributed by atoms with Crippen molar-refractivity contribution in [3.8, 4) is 0 Å². The smallest absolute Gasteiger partial charge is 0.407 e. The van der Waals surface area contributed by atoms with Crippen LogP contribution < -0.4 is 10.6 Å². The summed E-state index contributed by atoms with van der Waals surface area (Å²) < 4.78 is 34.8. The largest absolute Gasteiger partial charge is 0.456 e. The van der Waals surface area contributed by atoms with E-state index in [1.54, 1.807) is 33.8 Å². The average Bonchev–Trinajstić information content (AvgIpc) is 3.13. The Morgan fingerprint density at radius 3 is 2.60 bits per heavy atom. The molecule has 0 aliphatic carbocycles. The van der Waals surface area contributed by atoms with Crippen LogP contribution in [0.15, 0.2) is 6.07 Å². The number of anilines is 1. The molecule has 2 heterocycles. The van der Waals surface area contributed by atoms with Crippen molar-refractivity contribution >= 4 is 33.6 Å². The highest BCUT2D eigenvalue weighted by Gasteiger charge is 2.31. The van der Waals surface area contributed by atoms with Crippen LogP contribution in [-0.2, 0) is 28.9 Å². The molecule has 2 rings (SSSR count). The molecule has 0 radical (unpaired) electrons. The summed E-state index contributed by atoms with van der Waals surface area (Å²) >= 11 is 0. The number of sulfone groups is 1. The second kappa shape index (κ2) is 9.45. The molecule has 1 atom stereocenters. The summed E-state index contributed by atoms with van der Waals surface area (Å²) in [6, 6.07) is 1.27. The number of amides is 2. The van der Waals surface area contributed by atoms with Crippen molar-refractivity contribution in [3.05, 3.63) is 11.8 Å². The van der Waals surface area contributed by atoms with E-state index >= 15 is 0 Å². The quantitative estimate of drug-likeness (QED) is 0.591. The van der Waals surface area contributed by atoms with Crippen molar-refractivity contribution in [2.45, 2.75) is 52.2 Å². The maximum Gasteiger partial charge on any atom is 0.407 e. The van der Waals surface area contributed by atoms with Gasteiger partial charge in [0.2, 0.25) is 0 Å². The van der Waals surface area contributed by atoms with E-state index in [1.807, 2.05) is 0 Å². The Kier molecular flexibility index (Phi) is 7.45. The molecule has 1 aromatic heterocycles. The lowest BCUT2D eigenvalue weighted by atomic mass is 10.2. The van der Waals surface area contributed by atoms with Gasteiger partial charge in [-0.1, -0.05) is 0 Å². The molecule has 30 heavy (non-hydrogen) atoms. The Morgan fingerprint density at radius 2 is 2.00 bits per heavy atom. The number of carbonyl (C=O) groups excluding carboxylic acids is 3. The molecule has 12 heteroatoms.